The van der Waals surface area contributed by atoms with Gasteiger partial charge in [0, 0.05) is 35.9 Å². The monoisotopic (exact) mass is 202 g/mol. The van der Waals surface area contributed by atoms with Crippen LogP contribution in [0.2, 0.25) is 0 Å². The van der Waals surface area contributed by atoms with Crippen molar-refractivity contribution < 1.29 is 0 Å². The van der Waals surface area contributed by atoms with Gasteiger partial charge in [-0.05, 0) is 6.92 Å². The molecule has 0 aliphatic rings. The van der Waals surface area contributed by atoms with Crippen LogP contribution in [0.3, 0.4) is 0 Å². The first-order valence-electron chi connectivity index (χ1n) is 4.90. The van der Waals surface area contributed by atoms with Crippen LogP contribution in [0.1, 0.15) is 19.7 Å². The molecule has 0 aliphatic heterocycles. The van der Waals surface area contributed by atoms with E-state index < -0.39 is 0 Å². The van der Waals surface area contributed by atoms with Crippen LogP contribution in [-0.4, -0.2) is 19.9 Å². The molecule has 0 N–H and O–H groups in total. The highest BCUT2D eigenvalue weighted by Gasteiger charge is 1.97. The molecule has 2 aromatic heterocycles. The lowest BCUT2D eigenvalue weighted by atomic mass is 10.2. The van der Waals surface area contributed by atoms with Crippen molar-refractivity contribution in [3.63, 3.8) is 0 Å². The molecule has 4 heteroatoms. The minimum absolute atomic E-state index is 0.764. The summed E-state index contributed by atoms with van der Waals surface area (Å²) in [7, 11) is 0. The van der Waals surface area contributed by atoms with Crippen LogP contribution >= 0.6 is 0 Å². The Morgan fingerprint density at radius 3 is 1.80 bits per heavy atom. The molecule has 0 unspecified atom stereocenters. The van der Waals surface area contributed by atoms with Crippen molar-refractivity contribution in [2.24, 2.45) is 0 Å². The van der Waals surface area contributed by atoms with Gasteiger partial charge >= 0.3 is 0 Å². The fourth-order valence-electron chi connectivity index (χ4n) is 0.990. The molecule has 2 heterocycles. The molecule has 0 fully saturated rings. The van der Waals surface area contributed by atoms with Gasteiger partial charge in [0.15, 0.2) is 0 Å². The molecule has 0 spiro atoms. The van der Waals surface area contributed by atoms with Gasteiger partial charge in [-0.3, -0.25) is 0 Å². The summed E-state index contributed by atoms with van der Waals surface area (Å²) in [6, 6.07) is 0. The van der Waals surface area contributed by atoms with Gasteiger partial charge in [0.1, 0.15) is 12.2 Å². The Kier molecular flexibility index (Phi) is 4.34. The van der Waals surface area contributed by atoms with E-state index in [4.69, 9.17) is 0 Å². The Labute approximate surface area is 89.5 Å². The average molecular weight is 202 g/mol. The molecule has 0 bridgehead atoms. The largest absolute Gasteiger partial charge is 0.244 e. The molecule has 4 nitrogen and oxygen atoms in total. The summed E-state index contributed by atoms with van der Waals surface area (Å²) in [5.41, 5.74) is 1.87. The van der Waals surface area contributed by atoms with Gasteiger partial charge in [-0.1, -0.05) is 13.8 Å². The molecule has 2 rings (SSSR count). The maximum absolute atomic E-state index is 4.09. The van der Waals surface area contributed by atoms with Crippen LogP contribution in [0.15, 0.2) is 31.1 Å². The summed E-state index contributed by atoms with van der Waals surface area (Å²) in [4.78, 5) is 16.0. The van der Waals surface area contributed by atoms with Gasteiger partial charge < -0.3 is 0 Å². The second kappa shape index (κ2) is 5.80. The molecular formula is C11H14N4. The number of aromatic nitrogens is 4. The second-order valence-electron chi connectivity index (χ2n) is 2.65. The number of aryl methyl sites for hydroxylation is 1. The Balaban J connectivity index is 0.000000531. The zero-order valence-electron chi connectivity index (χ0n) is 9.18. The third-order valence-electron chi connectivity index (χ3n) is 1.67. The van der Waals surface area contributed by atoms with Crippen LogP contribution in [0.4, 0.5) is 0 Å². The zero-order valence-corrected chi connectivity index (χ0v) is 9.18. The normalized spacial score (nSPS) is 9.00. The molecule has 0 atom stereocenters. The first-order valence-corrected chi connectivity index (χ1v) is 4.90. The molecule has 15 heavy (non-hydrogen) atoms. The smallest absolute Gasteiger partial charge is 0.125 e. The van der Waals surface area contributed by atoms with Crippen molar-refractivity contribution in [2.75, 3.05) is 0 Å². The predicted molar refractivity (Wildman–Crippen MR) is 59.1 cm³/mol. The summed E-state index contributed by atoms with van der Waals surface area (Å²) in [5.74, 6) is 0.764. The van der Waals surface area contributed by atoms with E-state index in [0.717, 1.165) is 17.0 Å². The Hall–Kier alpha value is -1.84. The zero-order chi connectivity index (χ0) is 11.1. The summed E-state index contributed by atoms with van der Waals surface area (Å²) in [6.07, 6.45) is 8.50. The lowest BCUT2D eigenvalue weighted by Gasteiger charge is -1.98. The lowest BCUT2D eigenvalue weighted by Crippen LogP contribution is -1.88. The highest BCUT2D eigenvalue weighted by Crippen LogP contribution is 2.13. The molecule has 0 aromatic carbocycles. The highest BCUT2D eigenvalue weighted by atomic mass is 14.9. The second-order valence-corrected chi connectivity index (χ2v) is 2.65. The van der Waals surface area contributed by atoms with Crippen molar-refractivity contribution in [1.29, 1.82) is 0 Å². The van der Waals surface area contributed by atoms with Crippen molar-refractivity contribution in [2.45, 2.75) is 20.8 Å². The van der Waals surface area contributed by atoms with Gasteiger partial charge in [-0.15, -0.1) is 0 Å². The fourth-order valence-corrected chi connectivity index (χ4v) is 0.990. The van der Waals surface area contributed by atoms with Crippen molar-refractivity contribution in [3.8, 4) is 11.1 Å². The van der Waals surface area contributed by atoms with Crippen LogP contribution in [0.5, 0.6) is 0 Å². The predicted octanol–water partition coefficient (Wildman–Crippen LogP) is 2.27. The summed E-state index contributed by atoms with van der Waals surface area (Å²) < 4.78 is 0. The van der Waals surface area contributed by atoms with E-state index in [1.54, 1.807) is 24.8 Å². The SMILES string of the molecule is CC.Cc1ncc(-c2cncnc2)cn1. The number of rotatable bonds is 1. The molecule has 0 aliphatic carbocycles. The number of hydrogen-bond donors (Lipinski definition) is 0. The van der Waals surface area contributed by atoms with E-state index >= 15 is 0 Å². The first-order chi connectivity index (χ1) is 7.36. The Morgan fingerprint density at radius 2 is 1.27 bits per heavy atom. The topological polar surface area (TPSA) is 51.6 Å². The van der Waals surface area contributed by atoms with Crippen molar-refractivity contribution in [1.82, 2.24) is 19.9 Å². The highest BCUT2D eigenvalue weighted by molar-refractivity contribution is 5.58. The summed E-state index contributed by atoms with van der Waals surface area (Å²) >= 11 is 0. The van der Waals surface area contributed by atoms with Crippen molar-refractivity contribution in [3.05, 3.63) is 36.9 Å². The van der Waals surface area contributed by atoms with Gasteiger partial charge in [0.2, 0.25) is 0 Å². The Morgan fingerprint density at radius 1 is 0.800 bits per heavy atom. The van der Waals surface area contributed by atoms with Gasteiger partial charge in [-0.2, -0.15) is 0 Å². The first kappa shape index (κ1) is 11.2. The van der Waals surface area contributed by atoms with Gasteiger partial charge in [0.25, 0.3) is 0 Å². The molecule has 0 radical (unpaired) electrons. The maximum Gasteiger partial charge on any atom is 0.125 e. The number of nitrogens with zero attached hydrogens (tertiary/aromatic N) is 4. The minimum atomic E-state index is 0.764. The molecule has 0 saturated carbocycles. The third-order valence-corrected chi connectivity index (χ3v) is 1.67. The van der Waals surface area contributed by atoms with E-state index in [1.165, 1.54) is 6.33 Å². The van der Waals surface area contributed by atoms with E-state index in [2.05, 4.69) is 19.9 Å². The van der Waals surface area contributed by atoms with Crippen LogP contribution in [0, 0.1) is 6.92 Å². The quantitative estimate of drug-likeness (QED) is 0.711. The van der Waals surface area contributed by atoms with Crippen LogP contribution < -0.4 is 0 Å². The summed E-state index contributed by atoms with van der Waals surface area (Å²) in [6.45, 7) is 5.85. The fraction of sp³-hybridized carbons (Fsp3) is 0.273. The Bertz CT molecular complexity index is 383. The maximum atomic E-state index is 4.09. The molecule has 0 saturated heterocycles. The van der Waals surface area contributed by atoms with Crippen LogP contribution in [0.25, 0.3) is 11.1 Å². The molecule has 78 valence electrons. The minimum Gasteiger partial charge on any atom is -0.244 e. The third kappa shape index (κ3) is 3.09. The number of hydrogen-bond acceptors (Lipinski definition) is 4. The van der Waals surface area contributed by atoms with Crippen LogP contribution in [-0.2, 0) is 0 Å². The molecule has 2 aromatic rings. The van der Waals surface area contributed by atoms with E-state index in [1.807, 2.05) is 20.8 Å². The van der Waals surface area contributed by atoms with Gasteiger partial charge in [-0.25, -0.2) is 19.9 Å². The summed E-state index contributed by atoms with van der Waals surface area (Å²) in [5, 5.41) is 0. The van der Waals surface area contributed by atoms with Crippen molar-refractivity contribution >= 4 is 0 Å². The average Bonchev–Trinajstić information content (AvgIpc) is 2.34. The van der Waals surface area contributed by atoms with E-state index in [-0.39, 0.29) is 0 Å². The van der Waals surface area contributed by atoms with E-state index in [9.17, 15) is 0 Å². The molecule has 0 amide bonds. The lowest BCUT2D eigenvalue weighted by molar-refractivity contribution is 1.05. The standard InChI is InChI=1S/C9H8N4.C2H6/c1-7-12-4-9(5-13-7)8-2-10-6-11-3-8;1-2/h2-6H,1H3;1-2H3. The van der Waals surface area contributed by atoms with E-state index in [0.29, 0.717) is 0 Å². The molecular weight excluding hydrogens is 188 g/mol. The van der Waals surface area contributed by atoms with Gasteiger partial charge in [0.05, 0.1) is 0 Å².